The van der Waals surface area contributed by atoms with Crippen molar-refractivity contribution in [1.82, 2.24) is 10.6 Å². The molecular formula is C21H28F2IN3O3S. The zero-order valence-corrected chi connectivity index (χ0v) is 20.3. The summed E-state index contributed by atoms with van der Waals surface area (Å²) in [5.74, 6) is 1.50. The highest BCUT2D eigenvalue weighted by Crippen LogP contribution is 2.19. The van der Waals surface area contributed by atoms with E-state index in [-0.39, 0.29) is 36.3 Å². The predicted molar refractivity (Wildman–Crippen MR) is 131 cm³/mol. The molecule has 0 aliphatic carbocycles. The molecule has 0 radical (unpaired) electrons. The quantitative estimate of drug-likeness (QED) is 0.220. The highest BCUT2D eigenvalue weighted by atomic mass is 127. The summed E-state index contributed by atoms with van der Waals surface area (Å²) in [7, 11) is -1.00. The zero-order chi connectivity index (χ0) is 21.8. The minimum absolute atomic E-state index is 0. The average molecular weight is 567 g/mol. The van der Waals surface area contributed by atoms with E-state index >= 15 is 0 Å². The lowest BCUT2D eigenvalue weighted by Crippen LogP contribution is -2.39. The van der Waals surface area contributed by atoms with Crippen molar-refractivity contribution in [2.24, 2.45) is 4.99 Å². The Bertz CT molecular complexity index is 811. The molecule has 2 unspecified atom stereocenters. The number of benzene rings is 2. The SMILES string of the molecule is CCNC(=NCC(O)c1ccc(OC(F)F)cc1)NCCS(=O)Cc1ccccc1.I. The molecule has 0 aliphatic heterocycles. The van der Waals surface area contributed by atoms with Gasteiger partial charge < -0.3 is 20.5 Å². The third-order valence-corrected chi connectivity index (χ3v) is 5.36. The molecule has 3 N–H and O–H groups in total. The Morgan fingerprint density at radius 2 is 1.81 bits per heavy atom. The smallest absolute Gasteiger partial charge is 0.387 e. The molecule has 0 heterocycles. The van der Waals surface area contributed by atoms with Crippen LogP contribution in [0.4, 0.5) is 8.78 Å². The third kappa shape index (κ3) is 10.9. The second-order valence-electron chi connectivity index (χ2n) is 6.38. The minimum atomic E-state index is -2.89. The van der Waals surface area contributed by atoms with Gasteiger partial charge in [0.05, 0.1) is 12.6 Å². The summed E-state index contributed by atoms with van der Waals surface area (Å²) in [6.07, 6.45) is -0.895. The summed E-state index contributed by atoms with van der Waals surface area (Å²) in [6, 6.07) is 15.5. The maximum absolute atomic E-state index is 12.2. The van der Waals surface area contributed by atoms with Crippen molar-refractivity contribution in [3.05, 3.63) is 65.7 Å². The van der Waals surface area contributed by atoms with E-state index in [1.54, 1.807) is 0 Å². The molecule has 2 aromatic rings. The lowest BCUT2D eigenvalue weighted by atomic mass is 10.1. The molecule has 0 amide bonds. The van der Waals surface area contributed by atoms with Gasteiger partial charge in [0.15, 0.2) is 5.96 Å². The number of alkyl halides is 2. The van der Waals surface area contributed by atoms with E-state index in [9.17, 15) is 18.1 Å². The molecule has 0 saturated heterocycles. The van der Waals surface area contributed by atoms with Gasteiger partial charge in [0.25, 0.3) is 0 Å². The van der Waals surface area contributed by atoms with Crippen LogP contribution in [-0.2, 0) is 16.6 Å². The molecule has 2 aromatic carbocycles. The van der Waals surface area contributed by atoms with E-state index in [0.717, 1.165) is 5.56 Å². The van der Waals surface area contributed by atoms with Crippen LogP contribution in [0, 0.1) is 0 Å². The number of rotatable bonds is 11. The fourth-order valence-electron chi connectivity index (χ4n) is 2.61. The minimum Gasteiger partial charge on any atom is -0.435 e. The number of aliphatic hydroxyl groups excluding tert-OH is 1. The first kappa shape index (κ1) is 27.2. The molecule has 2 atom stereocenters. The van der Waals surface area contributed by atoms with Gasteiger partial charge >= 0.3 is 6.61 Å². The topological polar surface area (TPSA) is 83.0 Å². The van der Waals surface area contributed by atoms with Crippen LogP contribution in [0.2, 0.25) is 0 Å². The number of halogens is 3. The van der Waals surface area contributed by atoms with Crippen LogP contribution >= 0.6 is 24.0 Å². The van der Waals surface area contributed by atoms with Crippen molar-refractivity contribution in [3.63, 3.8) is 0 Å². The monoisotopic (exact) mass is 567 g/mol. The summed E-state index contributed by atoms with van der Waals surface area (Å²) >= 11 is 0. The number of aliphatic hydroxyl groups is 1. The van der Waals surface area contributed by atoms with Gasteiger partial charge in [-0.25, -0.2) is 0 Å². The molecular weight excluding hydrogens is 539 g/mol. The second kappa shape index (κ2) is 15.1. The van der Waals surface area contributed by atoms with Crippen LogP contribution in [-0.4, -0.2) is 47.3 Å². The van der Waals surface area contributed by atoms with Crippen molar-refractivity contribution in [1.29, 1.82) is 0 Å². The first-order valence-electron chi connectivity index (χ1n) is 9.62. The fraction of sp³-hybridized carbons (Fsp3) is 0.381. The van der Waals surface area contributed by atoms with Crippen LogP contribution in [0.25, 0.3) is 0 Å². The number of nitrogens with one attached hydrogen (secondary N) is 2. The van der Waals surface area contributed by atoms with Gasteiger partial charge in [0.2, 0.25) is 0 Å². The van der Waals surface area contributed by atoms with E-state index in [0.29, 0.717) is 36.1 Å². The van der Waals surface area contributed by atoms with Crippen molar-refractivity contribution in [2.45, 2.75) is 25.4 Å². The molecule has 0 aromatic heterocycles. The molecule has 2 rings (SSSR count). The summed E-state index contributed by atoms with van der Waals surface area (Å²) in [4.78, 5) is 4.34. The van der Waals surface area contributed by atoms with Gasteiger partial charge in [-0.2, -0.15) is 8.78 Å². The normalized spacial score (nSPS) is 13.3. The van der Waals surface area contributed by atoms with E-state index < -0.39 is 23.5 Å². The molecule has 6 nitrogen and oxygen atoms in total. The van der Waals surface area contributed by atoms with Gasteiger partial charge in [-0.05, 0) is 30.2 Å². The van der Waals surface area contributed by atoms with E-state index in [2.05, 4.69) is 20.4 Å². The lowest BCUT2D eigenvalue weighted by molar-refractivity contribution is -0.0498. The van der Waals surface area contributed by atoms with Gasteiger partial charge in [-0.15, -0.1) is 24.0 Å². The van der Waals surface area contributed by atoms with Crippen molar-refractivity contribution >= 4 is 40.7 Å². The first-order valence-corrected chi connectivity index (χ1v) is 11.1. The Kier molecular flexibility index (Phi) is 13.3. The molecule has 0 fully saturated rings. The third-order valence-electron chi connectivity index (χ3n) is 4.05. The molecule has 0 aliphatic rings. The molecule has 10 heteroatoms. The van der Waals surface area contributed by atoms with E-state index in [4.69, 9.17) is 0 Å². The van der Waals surface area contributed by atoms with Gasteiger partial charge in [0, 0.05) is 35.4 Å². The van der Waals surface area contributed by atoms with E-state index in [1.165, 1.54) is 24.3 Å². The highest BCUT2D eigenvalue weighted by molar-refractivity contribution is 14.0. The van der Waals surface area contributed by atoms with Crippen LogP contribution in [0.15, 0.2) is 59.6 Å². The van der Waals surface area contributed by atoms with Crippen molar-refractivity contribution in [3.8, 4) is 5.75 Å². The first-order chi connectivity index (χ1) is 14.5. The highest BCUT2D eigenvalue weighted by Gasteiger charge is 2.10. The average Bonchev–Trinajstić information content (AvgIpc) is 2.72. The molecule has 0 bridgehead atoms. The summed E-state index contributed by atoms with van der Waals surface area (Å²) in [5.41, 5.74) is 1.57. The Morgan fingerprint density at radius 3 is 2.42 bits per heavy atom. The van der Waals surface area contributed by atoms with E-state index in [1.807, 2.05) is 37.3 Å². The maximum atomic E-state index is 12.2. The van der Waals surface area contributed by atoms with Crippen LogP contribution in [0.5, 0.6) is 5.75 Å². The summed E-state index contributed by atoms with van der Waals surface area (Å²) in [5, 5.41) is 16.5. The molecule has 0 spiro atoms. The van der Waals surface area contributed by atoms with Crippen LogP contribution < -0.4 is 15.4 Å². The number of guanidine groups is 1. The Hall–Kier alpha value is -1.79. The molecule has 172 valence electrons. The lowest BCUT2D eigenvalue weighted by Gasteiger charge is -2.14. The zero-order valence-electron chi connectivity index (χ0n) is 17.2. The largest absolute Gasteiger partial charge is 0.435 e. The van der Waals surface area contributed by atoms with Crippen molar-refractivity contribution in [2.75, 3.05) is 25.4 Å². The molecule has 31 heavy (non-hydrogen) atoms. The number of ether oxygens (including phenoxy) is 1. The number of aliphatic imine (C=N–C) groups is 1. The Balaban J connectivity index is 0.00000480. The van der Waals surface area contributed by atoms with Crippen molar-refractivity contribution < 1.29 is 22.8 Å². The molecule has 0 saturated carbocycles. The summed E-state index contributed by atoms with van der Waals surface area (Å²) < 4.78 is 40.9. The number of nitrogens with zero attached hydrogens (tertiary/aromatic N) is 1. The van der Waals surface area contributed by atoms with Crippen LogP contribution in [0.3, 0.4) is 0 Å². The van der Waals surface area contributed by atoms with Crippen LogP contribution in [0.1, 0.15) is 24.2 Å². The van der Waals surface area contributed by atoms with Gasteiger partial charge in [0.1, 0.15) is 5.75 Å². The van der Waals surface area contributed by atoms with Gasteiger partial charge in [-0.3, -0.25) is 9.20 Å². The Labute approximate surface area is 201 Å². The predicted octanol–water partition coefficient (Wildman–Crippen LogP) is 3.44. The Morgan fingerprint density at radius 1 is 1.13 bits per heavy atom. The second-order valence-corrected chi connectivity index (χ2v) is 7.96. The standard InChI is InChI=1S/C21H27F2N3O3S.HI/c1-2-24-21(25-12-13-30(28)15-16-6-4-3-5-7-16)26-14-19(27)17-8-10-18(11-9-17)29-20(22)23;/h3-11,19-20,27H,2,12-15H2,1H3,(H2,24,25,26);1H. The fourth-order valence-corrected chi connectivity index (χ4v) is 3.65. The number of hydrogen-bond donors (Lipinski definition) is 3. The summed E-state index contributed by atoms with van der Waals surface area (Å²) in [6.45, 7) is 0.219. The number of hydrogen-bond acceptors (Lipinski definition) is 4. The maximum Gasteiger partial charge on any atom is 0.387 e. The van der Waals surface area contributed by atoms with Gasteiger partial charge in [-0.1, -0.05) is 42.5 Å².